The number of aryl methyl sites for hydroxylation is 1. The van der Waals surface area contributed by atoms with Crippen molar-refractivity contribution >= 4 is 92.8 Å². The van der Waals surface area contributed by atoms with Gasteiger partial charge in [0.15, 0.2) is 0 Å². The normalized spacial score (nSPS) is 17.7. The van der Waals surface area contributed by atoms with E-state index in [1.807, 2.05) is 24.3 Å². The quantitative estimate of drug-likeness (QED) is 0.0243. The Morgan fingerprint density at radius 2 is 1.32 bits per heavy atom. The molecule has 2 aromatic carbocycles. The molecule has 514 valence electrons. The van der Waals surface area contributed by atoms with Crippen molar-refractivity contribution in [1.29, 1.82) is 5.26 Å². The number of carboxylic acids is 3. The van der Waals surface area contributed by atoms with Gasteiger partial charge in [-0.15, -0.1) is 0 Å². The molecule has 3 aliphatic heterocycles. The Kier molecular flexibility index (Phi) is 30.8. The molecule has 0 spiro atoms. The number of pyridine rings is 1. The van der Waals surface area contributed by atoms with E-state index in [1.54, 1.807) is 43.9 Å². The van der Waals surface area contributed by atoms with E-state index in [9.17, 15) is 77.3 Å². The topological polar surface area (TPSA) is 367 Å². The van der Waals surface area contributed by atoms with Crippen LogP contribution in [0.2, 0.25) is 0 Å². The number of methoxy groups -OCH3 is 1. The molecular formula is C62H84F2IN13O16. The summed E-state index contributed by atoms with van der Waals surface area (Å²) in [5.74, 6) is -10.6. The number of piperazine rings is 1. The molecule has 1 aromatic heterocycles. The number of nitriles is 1. The molecule has 4 heterocycles. The molecule has 7 N–H and O–H groups in total. The molecule has 94 heavy (non-hydrogen) atoms. The lowest BCUT2D eigenvalue weighted by molar-refractivity contribution is -0.147. The Hall–Kier alpha value is -7.81. The number of hydrogen-bond donors (Lipinski definition) is 7. The number of aliphatic carboxylic acids is 3. The lowest BCUT2D eigenvalue weighted by atomic mass is 10.1. The van der Waals surface area contributed by atoms with Crippen LogP contribution in [0, 0.1) is 14.9 Å². The van der Waals surface area contributed by atoms with Crippen LogP contribution in [0.3, 0.4) is 0 Å². The molecule has 0 aliphatic carbocycles. The molecule has 29 nitrogen and oxygen atoms in total. The van der Waals surface area contributed by atoms with Crippen LogP contribution in [0.25, 0.3) is 10.9 Å². The Morgan fingerprint density at radius 1 is 0.713 bits per heavy atom. The number of ether oxygens (including phenoxy) is 3. The second-order valence-corrected chi connectivity index (χ2v) is 24.4. The van der Waals surface area contributed by atoms with E-state index in [-0.39, 0.29) is 129 Å². The molecule has 3 aliphatic rings. The third kappa shape index (κ3) is 26.2. The van der Waals surface area contributed by atoms with Gasteiger partial charge in [0, 0.05) is 120 Å². The minimum atomic E-state index is -3.20. The van der Waals surface area contributed by atoms with Crippen molar-refractivity contribution in [3.8, 4) is 11.8 Å². The van der Waals surface area contributed by atoms with Gasteiger partial charge in [0.25, 0.3) is 11.8 Å². The summed E-state index contributed by atoms with van der Waals surface area (Å²) in [7, 11) is 1.14. The number of nitrogens with one attached hydrogen (secondary N) is 4. The number of benzene rings is 2. The van der Waals surface area contributed by atoms with Gasteiger partial charge in [-0.05, 0) is 103 Å². The lowest BCUT2D eigenvalue weighted by Gasteiger charge is -2.36. The lowest BCUT2D eigenvalue weighted by Crippen LogP contribution is -2.58. The van der Waals surface area contributed by atoms with Crippen molar-refractivity contribution in [1.82, 2.24) is 60.6 Å². The fraction of sp³-hybridized carbons (Fsp3) is 0.581. The summed E-state index contributed by atoms with van der Waals surface area (Å²) in [6, 6.07) is 12.1. The van der Waals surface area contributed by atoms with Gasteiger partial charge in [-0.2, -0.15) is 5.26 Å². The molecule has 3 fully saturated rings. The minimum absolute atomic E-state index is 0.0570. The summed E-state index contributed by atoms with van der Waals surface area (Å²) in [5, 5.41) is 49.4. The maximum absolute atomic E-state index is 14.4. The predicted molar refractivity (Wildman–Crippen MR) is 342 cm³/mol. The van der Waals surface area contributed by atoms with E-state index in [0.717, 1.165) is 27.6 Å². The first kappa shape index (κ1) is 75.2. The highest BCUT2D eigenvalue weighted by molar-refractivity contribution is 14.1. The van der Waals surface area contributed by atoms with Crippen molar-refractivity contribution < 1.29 is 86.3 Å². The molecule has 0 unspecified atom stereocenters. The molecular weight excluding hydrogens is 1350 g/mol. The molecule has 3 saturated heterocycles. The van der Waals surface area contributed by atoms with E-state index in [0.29, 0.717) is 68.6 Å². The zero-order chi connectivity index (χ0) is 68.2. The second kappa shape index (κ2) is 38.5. The maximum Gasteiger partial charge on any atom is 0.317 e. The number of fused-ring (bicyclic) bond motifs is 1. The number of likely N-dealkylation sites (tertiary alicyclic amines) is 1. The van der Waals surface area contributed by atoms with Crippen LogP contribution >= 0.6 is 22.6 Å². The summed E-state index contributed by atoms with van der Waals surface area (Å²) in [5.41, 5.74) is 1.75. The first-order valence-corrected chi connectivity index (χ1v) is 32.2. The van der Waals surface area contributed by atoms with Gasteiger partial charge >= 0.3 is 23.9 Å². The van der Waals surface area contributed by atoms with Crippen LogP contribution in [-0.4, -0.2) is 296 Å². The predicted octanol–water partition coefficient (Wildman–Crippen LogP) is 0.186. The van der Waals surface area contributed by atoms with Crippen LogP contribution in [0.15, 0.2) is 54.7 Å². The smallest absolute Gasteiger partial charge is 0.317 e. The van der Waals surface area contributed by atoms with E-state index in [4.69, 9.17) is 14.2 Å². The highest BCUT2D eigenvalue weighted by Gasteiger charge is 2.47. The van der Waals surface area contributed by atoms with Gasteiger partial charge in [-0.3, -0.25) is 77.4 Å². The fourth-order valence-corrected chi connectivity index (χ4v) is 11.3. The zero-order valence-electron chi connectivity index (χ0n) is 52.7. The van der Waals surface area contributed by atoms with Gasteiger partial charge in [-0.25, -0.2) is 8.78 Å². The number of alkyl halides is 2. The Balaban J connectivity index is 1.03. The number of carboxylic acid groups (broad SMARTS) is 3. The van der Waals surface area contributed by atoms with Gasteiger partial charge in [0.1, 0.15) is 23.9 Å². The second-order valence-electron chi connectivity index (χ2n) is 23.1. The molecule has 6 rings (SSSR count). The van der Waals surface area contributed by atoms with Gasteiger partial charge < -0.3 is 60.6 Å². The fourth-order valence-electron chi connectivity index (χ4n) is 11.0. The van der Waals surface area contributed by atoms with Crippen molar-refractivity contribution in [3.63, 3.8) is 0 Å². The summed E-state index contributed by atoms with van der Waals surface area (Å²) in [6.07, 6.45) is 2.94. The maximum atomic E-state index is 14.4. The molecule has 0 bridgehead atoms. The number of amides is 6. The minimum Gasteiger partial charge on any atom is -0.494 e. The van der Waals surface area contributed by atoms with Crippen LogP contribution in [-0.2, 0) is 59.0 Å². The van der Waals surface area contributed by atoms with Gasteiger partial charge in [-0.1, -0.05) is 12.1 Å². The van der Waals surface area contributed by atoms with Gasteiger partial charge in [0.05, 0.1) is 83.2 Å². The number of rotatable bonds is 33. The van der Waals surface area contributed by atoms with Crippen molar-refractivity contribution in [3.05, 3.63) is 69.4 Å². The highest BCUT2D eigenvalue weighted by atomic mass is 127. The zero-order valence-corrected chi connectivity index (χ0v) is 54.8. The summed E-state index contributed by atoms with van der Waals surface area (Å²) < 4.78 is 45.8. The number of carbonyl (C=O) groups is 10. The summed E-state index contributed by atoms with van der Waals surface area (Å²) >= 11 is 2.23. The monoisotopic (exact) mass is 1430 g/mol. The van der Waals surface area contributed by atoms with E-state index >= 15 is 0 Å². The Morgan fingerprint density at radius 3 is 1.91 bits per heavy atom. The molecule has 0 radical (unpaired) electrons. The Labute approximate surface area is 556 Å². The molecule has 0 saturated carbocycles. The third-order valence-electron chi connectivity index (χ3n) is 16.1. The van der Waals surface area contributed by atoms with Crippen LogP contribution in [0.1, 0.15) is 60.9 Å². The third-order valence-corrected chi connectivity index (χ3v) is 16.8. The average Bonchev–Trinajstić information content (AvgIpc) is 1.29. The summed E-state index contributed by atoms with van der Waals surface area (Å²) in [4.78, 5) is 145. The summed E-state index contributed by atoms with van der Waals surface area (Å²) in [6.45, 7) is 0.609. The Bertz CT molecular complexity index is 3090. The number of esters is 1. The number of hydrogen-bond acceptors (Lipinski definition) is 20. The molecule has 6 amide bonds. The van der Waals surface area contributed by atoms with Crippen LogP contribution in [0.4, 0.5) is 8.78 Å². The van der Waals surface area contributed by atoms with E-state index < -0.39 is 103 Å². The van der Waals surface area contributed by atoms with E-state index in [2.05, 4.69) is 53.7 Å². The number of halogens is 3. The largest absolute Gasteiger partial charge is 0.494 e. The number of unbranched alkanes of at least 4 members (excludes halogenated alkanes) is 1. The highest BCUT2D eigenvalue weighted by Crippen LogP contribution is 2.32. The van der Waals surface area contributed by atoms with E-state index in [1.165, 1.54) is 17.2 Å². The first-order valence-electron chi connectivity index (χ1n) is 31.2. The molecule has 3 aromatic rings. The standard InChI is InChI=1S/C62H84F2IN13O16/c1-92-58(88)34-51(61(91)77-28-26-72(27-29-77)17-2-3-30-94-46-11-12-49-48(33-46)47(13-15-67-49)59(89)69-37-54(81)78-42-62(63,64)35-45(78)36-66)71-60(90)50(14-31-93-32-16-68-52(79)6-4-5-43-7-9-44(65)10-8-43)70-53(80)38-73-18-20-74(39-55(82)83)22-24-76(41-57(86)87)25-23-75(21-19-73)40-56(84)85/h7-13,15,33,45,50-51H,2-6,14,16-32,34-35,37-42H2,1H3,(H,68,79)(H,69,89)(H,70,80)(H,71,90)(H,82,83)(H,84,85)(H,86,87)/t45-,50+,51+/m1/s1. The van der Waals surface area contributed by atoms with Crippen molar-refractivity contribution in [2.24, 2.45) is 0 Å². The molecule has 3 atom stereocenters. The van der Waals surface area contributed by atoms with Gasteiger partial charge in [0.2, 0.25) is 29.5 Å². The van der Waals surface area contributed by atoms with Crippen molar-refractivity contribution in [2.45, 2.75) is 75.4 Å². The van der Waals surface area contributed by atoms with Crippen molar-refractivity contribution in [2.75, 3.05) is 158 Å². The average molecular weight is 1430 g/mol. The van der Waals surface area contributed by atoms with Crippen LogP contribution < -0.4 is 26.0 Å². The number of nitrogens with zero attached hydrogens (tertiary/aromatic N) is 9. The first-order chi connectivity index (χ1) is 45.0. The molecule has 32 heteroatoms. The number of aromatic nitrogens is 1. The number of carbonyl (C=O) groups excluding carboxylic acids is 7. The SMILES string of the molecule is COC(=O)C[C@H](NC(=O)[C@H](CCOCCNC(=O)CCCc1ccc(I)cc1)NC(=O)CN1CCN(CC(=O)O)CCN(CC(=O)O)CCN(CC(=O)O)CC1)C(=O)N1CCN(CCCCOc2ccc3nccc(C(=O)NCC(=O)N4CC(F)(F)C[C@@H]4C#N)c3c2)CC1. The van der Waals surface area contributed by atoms with Crippen LogP contribution in [0.5, 0.6) is 5.75 Å².